The highest BCUT2D eigenvalue weighted by Gasteiger charge is 2.41. The average Bonchev–Trinajstić information content (AvgIpc) is 2.71. The quantitative estimate of drug-likeness (QED) is 0.843. The van der Waals surface area contributed by atoms with E-state index in [2.05, 4.69) is 5.32 Å². The highest BCUT2D eigenvalue weighted by Crippen LogP contribution is 2.35. The Morgan fingerprint density at radius 2 is 1.95 bits per heavy atom. The van der Waals surface area contributed by atoms with Gasteiger partial charge in [0.05, 0.1) is 35.4 Å². The van der Waals surface area contributed by atoms with Gasteiger partial charge in [0, 0.05) is 6.42 Å². The van der Waals surface area contributed by atoms with Crippen molar-refractivity contribution < 1.29 is 17.9 Å². The molecule has 0 amide bonds. The van der Waals surface area contributed by atoms with Gasteiger partial charge < -0.3 is 14.8 Å². The van der Waals surface area contributed by atoms with E-state index in [1.807, 2.05) is 0 Å². The SMILES string of the molecule is CC(C)(C)S(=O)(=O)CCOC1COC2(CCNCC2)C1. The van der Waals surface area contributed by atoms with Crippen LogP contribution in [0, 0.1) is 0 Å². The molecular weight excluding hydrogens is 278 g/mol. The lowest BCUT2D eigenvalue weighted by Crippen LogP contribution is -2.41. The van der Waals surface area contributed by atoms with Gasteiger partial charge in [-0.2, -0.15) is 0 Å². The second kappa shape index (κ2) is 5.91. The highest BCUT2D eigenvalue weighted by atomic mass is 32.2. The lowest BCUT2D eigenvalue weighted by molar-refractivity contribution is -0.0228. The van der Waals surface area contributed by atoms with Gasteiger partial charge in [0.1, 0.15) is 0 Å². The number of ether oxygens (including phenoxy) is 2. The zero-order valence-electron chi connectivity index (χ0n) is 12.8. The molecule has 5 nitrogen and oxygen atoms in total. The molecule has 1 unspecified atom stereocenters. The van der Waals surface area contributed by atoms with Gasteiger partial charge in [-0.15, -0.1) is 0 Å². The molecule has 1 atom stereocenters. The van der Waals surface area contributed by atoms with Crippen LogP contribution in [0.2, 0.25) is 0 Å². The normalized spacial score (nSPS) is 27.1. The first-order chi connectivity index (χ1) is 9.24. The number of hydrogen-bond donors (Lipinski definition) is 1. The minimum atomic E-state index is -3.10. The first-order valence-electron chi connectivity index (χ1n) is 7.43. The molecule has 0 aromatic rings. The second-order valence-corrected chi connectivity index (χ2v) is 9.73. The minimum absolute atomic E-state index is 0.0289. The summed E-state index contributed by atoms with van der Waals surface area (Å²) in [5, 5.41) is 3.33. The summed E-state index contributed by atoms with van der Waals surface area (Å²) in [6.45, 7) is 8.02. The summed E-state index contributed by atoms with van der Waals surface area (Å²) < 4.78 is 35.0. The summed E-state index contributed by atoms with van der Waals surface area (Å²) in [5.41, 5.74) is -0.0289. The lowest BCUT2D eigenvalue weighted by atomic mass is 9.89. The van der Waals surface area contributed by atoms with E-state index in [0.717, 1.165) is 32.4 Å². The molecule has 2 heterocycles. The van der Waals surface area contributed by atoms with Gasteiger partial charge in [-0.3, -0.25) is 0 Å². The minimum Gasteiger partial charge on any atom is -0.375 e. The number of piperidine rings is 1. The molecule has 1 N–H and O–H groups in total. The van der Waals surface area contributed by atoms with Crippen LogP contribution in [-0.2, 0) is 19.3 Å². The Morgan fingerprint density at radius 1 is 1.30 bits per heavy atom. The predicted molar refractivity (Wildman–Crippen MR) is 78.7 cm³/mol. The van der Waals surface area contributed by atoms with Crippen LogP contribution in [-0.4, -0.2) is 56.9 Å². The van der Waals surface area contributed by atoms with Crippen LogP contribution in [0.5, 0.6) is 0 Å². The first-order valence-corrected chi connectivity index (χ1v) is 9.08. The molecule has 2 aliphatic rings. The van der Waals surface area contributed by atoms with Gasteiger partial charge in [0.2, 0.25) is 0 Å². The van der Waals surface area contributed by atoms with Crippen molar-refractivity contribution in [1.29, 1.82) is 0 Å². The number of nitrogens with one attached hydrogen (secondary N) is 1. The Hall–Kier alpha value is -0.170. The van der Waals surface area contributed by atoms with E-state index in [1.165, 1.54) is 0 Å². The van der Waals surface area contributed by atoms with Crippen LogP contribution in [0.25, 0.3) is 0 Å². The summed E-state index contributed by atoms with van der Waals surface area (Å²) >= 11 is 0. The molecule has 0 aromatic heterocycles. The Bertz CT molecular complexity index is 421. The van der Waals surface area contributed by atoms with Gasteiger partial charge in [0.15, 0.2) is 9.84 Å². The molecule has 0 aromatic carbocycles. The molecule has 1 spiro atoms. The summed E-state index contributed by atoms with van der Waals surface area (Å²) in [5.74, 6) is 0.0849. The summed E-state index contributed by atoms with van der Waals surface area (Å²) in [6, 6.07) is 0. The number of sulfone groups is 1. The summed E-state index contributed by atoms with van der Waals surface area (Å²) in [7, 11) is -3.10. The molecule has 0 aliphatic carbocycles. The molecule has 20 heavy (non-hydrogen) atoms. The van der Waals surface area contributed by atoms with E-state index in [4.69, 9.17) is 9.47 Å². The number of hydrogen-bond acceptors (Lipinski definition) is 5. The monoisotopic (exact) mass is 305 g/mol. The highest BCUT2D eigenvalue weighted by molar-refractivity contribution is 7.92. The van der Waals surface area contributed by atoms with E-state index < -0.39 is 14.6 Å². The first kappa shape index (κ1) is 16.2. The summed E-state index contributed by atoms with van der Waals surface area (Å²) in [4.78, 5) is 0. The smallest absolute Gasteiger partial charge is 0.157 e. The van der Waals surface area contributed by atoms with Crippen molar-refractivity contribution in [3.63, 3.8) is 0 Å². The van der Waals surface area contributed by atoms with E-state index in [0.29, 0.717) is 6.61 Å². The van der Waals surface area contributed by atoms with Crippen molar-refractivity contribution in [3.8, 4) is 0 Å². The van der Waals surface area contributed by atoms with Crippen molar-refractivity contribution in [2.24, 2.45) is 0 Å². The van der Waals surface area contributed by atoms with Gasteiger partial charge in [0.25, 0.3) is 0 Å². The maximum atomic E-state index is 12.0. The van der Waals surface area contributed by atoms with Gasteiger partial charge in [-0.05, 0) is 46.7 Å². The topological polar surface area (TPSA) is 64.6 Å². The third-order valence-electron chi connectivity index (χ3n) is 4.33. The molecular formula is C14H27NO4S. The van der Waals surface area contributed by atoms with Crippen molar-refractivity contribution in [2.75, 3.05) is 32.1 Å². The molecule has 2 fully saturated rings. The zero-order chi connectivity index (χ0) is 14.9. The van der Waals surface area contributed by atoms with E-state index in [-0.39, 0.29) is 24.1 Å². The van der Waals surface area contributed by atoms with Crippen LogP contribution < -0.4 is 5.32 Å². The molecule has 2 rings (SSSR count). The molecule has 6 heteroatoms. The Balaban J connectivity index is 1.76. The molecule has 2 saturated heterocycles. The van der Waals surface area contributed by atoms with Crippen molar-refractivity contribution in [1.82, 2.24) is 5.32 Å². The average molecular weight is 305 g/mol. The fourth-order valence-electron chi connectivity index (χ4n) is 2.77. The van der Waals surface area contributed by atoms with Gasteiger partial charge >= 0.3 is 0 Å². The maximum Gasteiger partial charge on any atom is 0.157 e. The molecule has 2 aliphatic heterocycles. The standard InChI is InChI=1S/C14H27NO4S/c1-13(2,3)20(16,17)9-8-18-12-10-14(19-11-12)4-6-15-7-5-14/h12,15H,4-11H2,1-3H3. The lowest BCUT2D eigenvalue weighted by Gasteiger charge is -2.32. The van der Waals surface area contributed by atoms with Crippen molar-refractivity contribution >= 4 is 9.84 Å². The second-order valence-electron chi connectivity index (χ2n) is 6.87. The van der Waals surface area contributed by atoms with Crippen LogP contribution in [0.3, 0.4) is 0 Å². The summed E-state index contributed by atoms with van der Waals surface area (Å²) in [6.07, 6.45) is 2.98. The fraction of sp³-hybridized carbons (Fsp3) is 1.00. The third-order valence-corrected chi connectivity index (χ3v) is 6.90. The Morgan fingerprint density at radius 3 is 2.55 bits per heavy atom. The zero-order valence-corrected chi connectivity index (χ0v) is 13.6. The van der Waals surface area contributed by atoms with E-state index in [1.54, 1.807) is 20.8 Å². The molecule has 0 radical (unpaired) electrons. The Labute approximate surface area is 122 Å². The van der Waals surface area contributed by atoms with Crippen molar-refractivity contribution in [3.05, 3.63) is 0 Å². The number of rotatable bonds is 4. The van der Waals surface area contributed by atoms with Crippen LogP contribution in [0.4, 0.5) is 0 Å². The molecule has 118 valence electrons. The largest absolute Gasteiger partial charge is 0.375 e. The predicted octanol–water partition coefficient (Wildman–Crippen LogP) is 1.13. The van der Waals surface area contributed by atoms with E-state index >= 15 is 0 Å². The van der Waals surface area contributed by atoms with Gasteiger partial charge in [-0.1, -0.05) is 0 Å². The Kier molecular flexibility index (Phi) is 4.79. The van der Waals surface area contributed by atoms with Crippen LogP contribution in [0.15, 0.2) is 0 Å². The third kappa shape index (κ3) is 3.72. The van der Waals surface area contributed by atoms with Crippen molar-refractivity contribution in [2.45, 2.75) is 56.5 Å². The fourth-order valence-corrected chi connectivity index (χ4v) is 3.70. The maximum absolute atomic E-state index is 12.0. The van der Waals surface area contributed by atoms with E-state index in [9.17, 15) is 8.42 Å². The van der Waals surface area contributed by atoms with Crippen LogP contribution >= 0.6 is 0 Å². The molecule has 0 saturated carbocycles. The molecule has 0 bridgehead atoms. The van der Waals surface area contributed by atoms with Crippen LogP contribution in [0.1, 0.15) is 40.0 Å². The van der Waals surface area contributed by atoms with Gasteiger partial charge in [-0.25, -0.2) is 8.42 Å².